The minimum Gasteiger partial charge on any atom is -0.497 e. The Morgan fingerprint density at radius 2 is 1.70 bits per heavy atom. The van der Waals surface area contributed by atoms with Gasteiger partial charge in [0.25, 0.3) is 0 Å². The predicted octanol–water partition coefficient (Wildman–Crippen LogP) is 3.94. The molecule has 0 aliphatic heterocycles. The van der Waals surface area contributed by atoms with E-state index in [2.05, 4.69) is 54.4 Å². The average Bonchev–Trinajstić information content (AvgIpc) is 2.75. The van der Waals surface area contributed by atoms with Crippen LogP contribution in [0.15, 0.2) is 36.4 Å². The standard InChI is InChI=1S/C17H18N2O/c1-11-9-12(2)19-16(10-11)18-13(3)17(19)14-5-7-15(20-4)8-6-14/h5-10H,1-4H3. The molecule has 2 aromatic heterocycles. The molecule has 0 fully saturated rings. The zero-order valence-electron chi connectivity index (χ0n) is 12.3. The SMILES string of the molecule is COc1ccc(-c2c(C)nc3cc(C)cc(C)n23)cc1. The molecule has 0 saturated carbocycles. The molecule has 3 rings (SSSR count). The fraction of sp³-hybridized carbons (Fsp3) is 0.235. The molecule has 0 aliphatic carbocycles. The number of aromatic nitrogens is 2. The number of fused-ring (bicyclic) bond motifs is 1. The van der Waals surface area contributed by atoms with Gasteiger partial charge in [0, 0.05) is 11.3 Å². The van der Waals surface area contributed by atoms with E-state index in [1.165, 1.54) is 11.3 Å². The molecule has 0 saturated heterocycles. The number of hydrogen-bond acceptors (Lipinski definition) is 2. The topological polar surface area (TPSA) is 26.5 Å². The van der Waals surface area contributed by atoms with Gasteiger partial charge in [0.05, 0.1) is 18.5 Å². The van der Waals surface area contributed by atoms with Crippen LogP contribution in [0.25, 0.3) is 16.9 Å². The van der Waals surface area contributed by atoms with E-state index in [0.29, 0.717) is 0 Å². The Hall–Kier alpha value is -2.29. The predicted molar refractivity (Wildman–Crippen MR) is 81.4 cm³/mol. The molecule has 0 radical (unpaired) electrons. The van der Waals surface area contributed by atoms with E-state index in [4.69, 9.17) is 4.74 Å². The number of ether oxygens (including phenoxy) is 1. The molecule has 2 heterocycles. The number of rotatable bonds is 2. The van der Waals surface area contributed by atoms with Gasteiger partial charge >= 0.3 is 0 Å². The van der Waals surface area contributed by atoms with Crippen LogP contribution in [0, 0.1) is 20.8 Å². The Labute approximate surface area is 118 Å². The summed E-state index contributed by atoms with van der Waals surface area (Å²) >= 11 is 0. The molecule has 0 spiro atoms. The van der Waals surface area contributed by atoms with Gasteiger partial charge in [0.2, 0.25) is 0 Å². The molecule has 102 valence electrons. The first kappa shape index (κ1) is 12.7. The highest BCUT2D eigenvalue weighted by Crippen LogP contribution is 2.28. The Morgan fingerprint density at radius 3 is 2.35 bits per heavy atom. The van der Waals surface area contributed by atoms with Crippen LogP contribution in [0.5, 0.6) is 5.75 Å². The van der Waals surface area contributed by atoms with Crippen LogP contribution in [0.1, 0.15) is 17.0 Å². The summed E-state index contributed by atoms with van der Waals surface area (Å²) in [4.78, 5) is 4.69. The summed E-state index contributed by atoms with van der Waals surface area (Å²) in [6.07, 6.45) is 0. The van der Waals surface area contributed by atoms with Gasteiger partial charge in [-0.2, -0.15) is 0 Å². The largest absolute Gasteiger partial charge is 0.497 e. The number of pyridine rings is 1. The van der Waals surface area contributed by atoms with Gasteiger partial charge in [-0.25, -0.2) is 4.98 Å². The van der Waals surface area contributed by atoms with E-state index in [1.807, 2.05) is 12.1 Å². The quantitative estimate of drug-likeness (QED) is 0.702. The molecule has 0 atom stereocenters. The van der Waals surface area contributed by atoms with Crippen LogP contribution in [0.4, 0.5) is 0 Å². The lowest BCUT2D eigenvalue weighted by Gasteiger charge is -2.08. The maximum Gasteiger partial charge on any atom is 0.137 e. The van der Waals surface area contributed by atoms with Crippen molar-refractivity contribution in [3.8, 4) is 17.0 Å². The molecule has 3 nitrogen and oxygen atoms in total. The van der Waals surface area contributed by atoms with Crippen LogP contribution in [-0.2, 0) is 0 Å². The highest BCUT2D eigenvalue weighted by atomic mass is 16.5. The van der Waals surface area contributed by atoms with Gasteiger partial charge in [-0.1, -0.05) is 0 Å². The molecule has 0 amide bonds. The highest BCUT2D eigenvalue weighted by Gasteiger charge is 2.12. The summed E-state index contributed by atoms with van der Waals surface area (Å²) in [7, 11) is 1.68. The molecule has 3 aromatic rings. The van der Waals surface area contributed by atoms with Crippen LogP contribution >= 0.6 is 0 Å². The first-order valence-electron chi connectivity index (χ1n) is 6.71. The van der Waals surface area contributed by atoms with Gasteiger partial charge in [0.15, 0.2) is 0 Å². The number of nitrogens with zero attached hydrogens (tertiary/aromatic N) is 2. The van der Waals surface area contributed by atoms with Crippen molar-refractivity contribution < 1.29 is 4.74 Å². The third-order valence-corrected chi connectivity index (χ3v) is 3.59. The summed E-state index contributed by atoms with van der Waals surface area (Å²) < 4.78 is 7.43. The first-order chi connectivity index (χ1) is 9.60. The zero-order chi connectivity index (χ0) is 14.3. The molecule has 0 unspecified atom stereocenters. The summed E-state index contributed by atoms with van der Waals surface area (Å²) in [5, 5.41) is 0. The average molecular weight is 266 g/mol. The molecule has 3 heteroatoms. The van der Waals surface area contributed by atoms with E-state index < -0.39 is 0 Å². The minimum absolute atomic E-state index is 0.868. The molecule has 0 bridgehead atoms. The fourth-order valence-corrected chi connectivity index (χ4v) is 2.73. The fourth-order valence-electron chi connectivity index (χ4n) is 2.73. The molecular weight excluding hydrogens is 248 g/mol. The van der Waals surface area contributed by atoms with Crippen molar-refractivity contribution in [3.05, 3.63) is 53.3 Å². The van der Waals surface area contributed by atoms with Crippen molar-refractivity contribution in [2.45, 2.75) is 20.8 Å². The molecular formula is C17H18N2O. The summed E-state index contributed by atoms with van der Waals surface area (Å²) in [5.41, 5.74) is 6.80. The number of hydrogen-bond donors (Lipinski definition) is 0. The molecule has 1 aromatic carbocycles. The highest BCUT2D eigenvalue weighted by molar-refractivity contribution is 5.68. The Balaban J connectivity index is 2.26. The summed E-state index contributed by atoms with van der Waals surface area (Å²) in [6, 6.07) is 12.4. The van der Waals surface area contributed by atoms with Gasteiger partial charge in [-0.3, -0.25) is 4.40 Å². The van der Waals surface area contributed by atoms with E-state index in [0.717, 1.165) is 28.3 Å². The maximum absolute atomic E-state index is 5.22. The lowest BCUT2D eigenvalue weighted by molar-refractivity contribution is 0.415. The Kier molecular flexibility index (Phi) is 2.97. The Bertz CT molecular complexity index is 770. The van der Waals surface area contributed by atoms with Crippen molar-refractivity contribution in [2.75, 3.05) is 7.11 Å². The van der Waals surface area contributed by atoms with Gasteiger partial charge in [0.1, 0.15) is 11.4 Å². The van der Waals surface area contributed by atoms with E-state index in [9.17, 15) is 0 Å². The lowest BCUT2D eigenvalue weighted by Crippen LogP contribution is -1.95. The van der Waals surface area contributed by atoms with Gasteiger partial charge < -0.3 is 4.74 Å². The zero-order valence-corrected chi connectivity index (χ0v) is 12.3. The Morgan fingerprint density at radius 1 is 1.00 bits per heavy atom. The number of methoxy groups -OCH3 is 1. The van der Waals surface area contributed by atoms with Crippen LogP contribution in [-0.4, -0.2) is 16.5 Å². The van der Waals surface area contributed by atoms with Gasteiger partial charge in [-0.15, -0.1) is 0 Å². The van der Waals surface area contributed by atoms with E-state index in [1.54, 1.807) is 7.11 Å². The maximum atomic E-state index is 5.22. The van der Waals surface area contributed by atoms with Crippen molar-refractivity contribution in [2.24, 2.45) is 0 Å². The van der Waals surface area contributed by atoms with Crippen LogP contribution < -0.4 is 4.74 Å². The minimum atomic E-state index is 0.868. The van der Waals surface area contributed by atoms with Crippen LogP contribution in [0.2, 0.25) is 0 Å². The number of aryl methyl sites for hydroxylation is 3. The van der Waals surface area contributed by atoms with Crippen molar-refractivity contribution in [1.82, 2.24) is 9.38 Å². The third kappa shape index (κ3) is 1.95. The number of imidazole rings is 1. The normalized spacial score (nSPS) is 11.0. The molecule has 0 N–H and O–H groups in total. The van der Waals surface area contributed by atoms with E-state index in [-0.39, 0.29) is 0 Å². The second-order valence-electron chi connectivity index (χ2n) is 5.14. The monoisotopic (exact) mass is 266 g/mol. The lowest BCUT2D eigenvalue weighted by atomic mass is 10.1. The second kappa shape index (κ2) is 4.67. The van der Waals surface area contributed by atoms with Gasteiger partial charge in [-0.05, 0) is 62.7 Å². The summed E-state index contributed by atoms with van der Waals surface area (Å²) in [6.45, 7) is 6.28. The summed E-state index contributed by atoms with van der Waals surface area (Å²) in [5.74, 6) is 0.868. The molecule has 20 heavy (non-hydrogen) atoms. The van der Waals surface area contributed by atoms with Crippen molar-refractivity contribution in [1.29, 1.82) is 0 Å². The smallest absolute Gasteiger partial charge is 0.137 e. The first-order valence-corrected chi connectivity index (χ1v) is 6.71. The second-order valence-corrected chi connectivity index (χ2v) is 5.14. The van der Waals surface area contributed by atoms with Crippen molar-refractivity contribution >= 4 is 5.65 Å². The van der Waals surface area contributed by atoms with E-state index >= 15 is 0 Å². The van der Waals surface area contributed by atoms with Crippen LogP contribution in [0.3, 0.4) is 0 Å². The molecule has 0 aliphatic rings. The third-order valence-electron chi connectivity index (χ3n) is 3.59. The number of benzene rings is 1. The van der Waals surface area contributed by atoms with Crippen molar-refractivity contribution in [3.63, 3.8) is 0 Å².